The number of hydrogen-bond acceptors (Lipinski definition) is 5. The Morgan fingerprint density at radius 2 is 2.04 bits per heavy atom. The van der Waals surface area contributed by atoms with Crippen molar-refractivity contribution in [3.63, 3.8) is 0 Å². The maximum atomic E-state index is 12.6. The van der Waals surface area contributed by atoms with Crippen LogP contribution < -0.4 is 0 Å². The Bertz CT molecular complexity index is 774. The van der Waals surface area contributed by atoms with Crippen molar-refractivity contribution in [2.24, 2.45) is 5.41 Å². The molecule has 0 bridgehead atoms. The van der Waals surface area contributed by atoms with Gasteiger partial charge in [0, 0.05) is 23.4 Å². The van der Waals surface area contributed by atoms with Crippen molar-refractivity contribution >= 4 is 17.2 Å². The second-order valence-corrected chi connectivity index (χ2v) is 7.84. The van der Waals surface area contributed by atoms with Crippen molar-refractivity contribution in [3.8, 4) is 10.7 Å². The summed E-state index contributed by atoms with van der Waals surface area (Å²) >= 11 is 1.34. The van der Waals surface area contributed by atoms with Gasteiger partial charge in [-0.15, -0.1) is 11.3 Å². The Morgan fingerprint density at radius 3 is 2.62 bits per heavy atom. The van der Waals surface area contributed by atoms with Gasteiger partial charge >= 0.3 is 12.1 Å². The van der Waals surface area contributed by atoms with E-state index in [2.05, 4.69) is 14.7 Å². The van der Waals surface area contributed by atoms with E-state index in [-0.39, 0.29) is 11.7 Å². The number of nitrogens with zero attached hydrogens (tertiary/aromatic N) is 3. The first kappa shape index (κ1) is 16.9. The molecule has 130 valence electrons. The topological polar surface area (TPSA) is 59.2 Å². The van der Waals surface area contributed by atoms with Crippen LogP contribution in [0, 0.1) is 5.41 Å². The molecule has 0 aliphatic carbocycles. The van der Waals surface area contributed by atoms with Crippen LogP contribution in [0.15, 0.2) is 10.6 Å². The van der Waals surface area contributed by atoms with E-state index < -0.39 is 17.5 Å². The average Bonchev–Trinajstić information content (AvgIpc) is 3.10. The molecular weight excluding hydrogens is 343 g/mol. The van der Waals surface area contributed by atoms with Crippen LogP contribution in [0.2, 0.25) is 0 Å². The molecule has 1 aliphatic rings. The standard InChI is InChI=1S/C15H16F3N3O2S/c1-14(2,3)13(22)21-5-4-9-8(7-21)6-10(24-9)11-19-12(23-20-11)15(16,17)18/h6H,4-5,7H2,1-3H3. The fourth-order valence-electron chi connectivity index (χ4n) is 2.53. The summed E-state index contributed by atoms with van der Waals surface area (Å²) < 4.78 is 42.0. The number of amides is 1. The molecule has 2 aromatic heterocycles. The van der Waals surface area contributed by atoms with Gasteiger partial charge in [-0.25, -0.2) is 0 Å². The molecule has 0 fully saturated rings. The third-order valence-electron chi connectivity index (χ3n) is 3.68. The van der Waals surface area contributed by atoms with Crippen molar-refractivity contribution < 1.29 is 22.5 Å². The van der Waals surface area contributed by atoms with Crippen molar-refractivity contribution in [3.05, 3.63) is 22.4 Å². The summed E-state index contributed by atoms with van der Waals surface area (Å²) in [7, 11) is 0. The van der Waals surface area contributed by atoms with Gasteiger partial charge in [-0.05, 0) is 18.1 Å². The van der Waals surface area contributed by atoms with E-state index in [4.69, 9.17) is 0 Å². The predicted molar refractivity (Wildman–Crippen MR) is 81.2 cm³/mol. The highest BCUT2D eigenvalue weighted by Crippen LogP contribution is 2.36. The molecule has 1 aliphatic heterocycles. The minimum absolute atomic E-state index is 0.0554. The quantitative estimate of drug-likeness (QED) is 0.778. The fraction of sp³-hybridized carbons (Fsp3) is 0.533. The van der Waals surface area contributed by atoms with Gasteiger partial charge in [0.1, 0.15) is 0 Å². The van der Waals surface area contributed by atoms with Crippen LogP contribution in [0.5, 0.6) is 0 Å². The Kier molecular flexibility index (Phi) is 3.94. The molecule has 3 heterocycles. The summed E-state index contributed by atoms with van der Waals surface area (Å²) in [6, 6.07) is 1.74. The van der Waals surface area contributed by atoms with Crippen LogP contribution in [0.25, 0.3) is 10.7 Å². The van der Waals surface area contributed by atoms with Gasteiger partial charge in [-0.1, -0.05) is 25.9 Å². The summed E-state index contributed by atoms with van der Waals surface area (Å²) in [5.41, 5.74) is 0.461. The molecule has 0 atom stereocenters. The summed E-state index contributed by atoms with van der Waals surface area (Å²) in [5, 5.41) is 3.41. The van der Waals surface area contributed by atoms with Crippen LogP contribution in [-0.2, 0) is 23.9 Å². The highest BCUT2D eigenvalue weighted by atomic mass is 32.1. The van der Waals surface area contributed by atoms with Crippen molar-refractivity contribution in [2.75, 3.05) is 6.54 Å². The first-order valence-electron chi connectivity index (χ1n) is 7.38. The van der Waals surface area contributed by atoms with E-state index in [1.165, 1.54) is 11.3 Å². The predicted octanol–water partition coefficient (Wildman–Crippen LogP) is 3.75. The summed E-state index contributed by atoms with van der Waals surface area (Å²) in [5.74, 6) is -1.37. The zero-order chi connectivity index (χ0) is 17.7. The molecule has 0 saturated heterocycles. The molecule has 3 rings (SSSR count). The Morgan fingerprint density at radius 1 is 1.33 bits per heavy atom. The van der Waals surface area contributed by atoms with Crippen LogP contribution in [-0.4, -0.2) is 27.5 Å². The van der Waals surface area contributed by atoms with E-state index in [9.17, 15) is 18.0 Å². The van der Waals surface area contributed by atoms with Crippen LogP contribution >= 0.6 is 11.3 Å². The van der Waals surface area contributed by atoms with Gasteiger partial charge in [-0.2, -0.15) is 18.2 Å². The first-order chi connectivity index (χ1) is 11.1. The number of carbonyl (C=O) groups excluding carboxylic acids is 1. The van der Waals surface area contributed by atoms with Crippen LogP contribution in [0.1, 0.15) is 37.1 Å². The Labute approximate surface area is 140 Å². The van der Waals surface area contributed by atoms with E-state index >= 15 is 0 Å². The lowest BCUT2D eigenvalue weighted by Crippen LogP contribution is -2.41. The summed E-state index contributed by atoms with van der Waals surface area (Å²) in [4.78, 5) is 19.1. The second kappa shape index (κ2) is 5.58. The number of alkyl halides is 3. The maximum Gasteiger partial charge on any atom is 0.471 e. The van der Waals surface area contributed by atoms with Crippen molar-refractivity contribution in [1.82, 2.24) is 15.0 Å². The van der Waals surface area contributed by atoms with E-state index in [1.807, 2.05) is 20.8 Å². The molecule has 9 heteroatoms. The third kappa shape index (κ3) is 3.17. The largest absolute Gasteiger partial charge is 0.471 e. The zero-order valence-corrected chi connectivity index (χ0v) is 14.2. The lowest BCUT2D eigenvalue weighted by atomic mass is 9.93. The normalized spacial score (nSPS) is 15.5. The van der Waals surface area contributed by atoms with Crippen molar-refractivity contribution in [2.45, 2.75) is 39.9 Å². The molecule has 0 spiro atoms. The molecule has 0 aromatic carbocycles. The lowest BCUT2D eigenvalue weighted by Gasteiger charge is -2.32. The van der Waals surface area contributed by atoms with Crippen LogP contribution in [0.4, 0.5) is 13.2 Å². The number of aromatic nitrogens is 2. The minimum Gasteiger partial charge on any atom is -0.338 e. The fourth-order valence-corrected chi connectivity index (χ4v) is 3.62. The van der Waals surface area contributed by atoms with Gasteiger partial charge < -0.3 is 9.42 Å². The third-order valence-corrected chi connectivity index (χ3v) is 4.92. The van der Waals surface area contributed by atoms with E-state index in [1.54, 1.807) is 11.0 Å². The smallest absolute Gasteiger partial charge is 0.338 e. The minimum atomic E-state index is -4.65. The zero-order valence-electron chi connectivity index (χ0n) is 13.4. The van der Waals surface area contributed by atoms with Crippen LogP contribution in [0.3, 0.4) is 0 Å². The molecule has 24 heavy (non-hydrogen) atoms. The first-order valence-corrected chi connectivity index (χ1v) is 8.19. The summed E-state index contributed by atoms with van der Waals surface area (Å²) in [6.07, 6.45) is -3.98. The summed E-state index contributed by atoms with van der Waals surface area (Å²) in [6.45, 7) is 6.64. The number of rotatable bonds is 1. The second-order valence-electron chi connectivity index (χ2n) is 6.71. The van der Waals surface area contributed by atoms with Gasteiger partial charge in [0.15, 0.2) is 0 Å². The van der Waals surface area contributed by atoms with Gasteiger partial charge in [-0.3, -0.25) is 4.79 Å². The molecule has 0 saturated carbocycles. The Balaban J connectivity index is 1.83. The molecule has 2 aromatic rings. The SMILES string of the molecule is CC(C)(C)C(=O)N1CCc2sc(-c3noc(C(F)(F)F)n3)cc2C1. The molecule has 0 unspecified atom stereocenters. The van der Waals surface area contributed by atoms with Gasteiger partial charge in [0.05, 0.1) is 4.88 Å². The van der Waals surface area contributed by atoms with E-state index in [0.29, 0.717) is 24.4 Å². The Hall–Kier alpha value is -1.90. The number of carbonyl (C=O) groups is 1. The van der Waals surface area contributed by atoms with E-state index in [0.717, 1.165) is 10.4 Å². The van der Waals surface area contributed by atoms with Gasteiger partial charge in [0.2, 0.25) is 11.7 Å². The van der Waals surface area contributed by atoms with Crippen molar-refractivity contribution in [1.29, 1.82) is 0 Å². The number of hydrogen-bond donors (Lipinski definition) is 0. The molecule has 5 nitrogen and oxygen atoms in total. The monoisotopic (exact) mass is 359 g/mol. The number of thiophene rings is 1. The molecule has 0 N–H and O–H groups in total. The number of halogens is 3. The average molecular weight is 359 g/mol. The maximum absolute atomic E-state index is 12.6. The molecule has 1 amide bonds. The lowest BCUT2D eigenvalue weighted by molar-refractivity contribution is -0.159. The number of fused-ring (bicyclic) bond motifs is 1. The molecule has 0 radical (unpaired) electrons. The highest BCUT2D eigenvalue weighted by Gasteiger charge is 2.39. The van der Waals surface area contributed by atoms with Gasteiger partial charge in [0.25, 0.3) is 0 Å². The highest BCUT2D eigenvalue weighted by molar-refractivity contribution is 7.15. The molecular formula is C15H16F3N3O2S.